The Labute approximate surface area is 196 Å². The molecule has 0 amide bonds. The number of hydrogen-bond acceptors (Lipinski definition) is 6. The van der Waals surface area contributed by atoms with Gasteiger partial charge in [-0.2, -0.15) is 0 Å². The van der Waals surface area contributed by atoms with Crippen LogP contribution in [-0.2, 0) is 0 Å². The maximum atomic E-state index is 6.37. The first-order chi connectivity index (χ1) is 16.8. The molecule has 0 aliphatic heterocycles. The maximum absolute atomic E-state index is 6.37. The molecule has 0 N–H and O–H groups in total. The zero-order chi connectivity index (χ0) is 22.7. The molecule has 0 atom stereocenters. The summed E-state index contributed by atoms with van der Waals surface area (Å²) in [6, 6.07) is 28.9. The highest BCUT2D eigenvalue weighted by molar-refractivity contribution is 7.43. The number of nitrogens with zero attached hydrogens (tertiary/aromatic N) is 3. The van der Waals surface area contributed by atoms with Crippen molar-refractivity contribution in [2.24, 2.45) is 0 Å². The standard InChI is InChI=1S/C27H18N3O3P/c1-4-10-22-19(7-1)25(13-16-28-22)31-34(32-26-14-17-29-23-11-5-2-8-20(23)26)33-27-15-18-30-24-12-6-3-9-21(24)27/h1-18H. The van der Waals surface area contributed by atoms with Crippen LogP contribution in [0.25, 0.3) is 32.7 Å². The lowest BCUT2D eigenvalue weighted by molar-refractivity contribution is 0.393. The zero-order valence-electron chi connectivity index (χ0n) is 17.9. The van der Waals surface area contributed by atoms with E-state index in [9.17, 15) is 0 Å². The van der Waals surface area contributed by atoms with Gasteiger partial charge in [-0.15, -0.1) is 0 Å². The van der Waals surface area contributed by atoms with Crippen LogP contribution in [0.3, 0.4) is 0 Å². The van der Waals surface area contributed by atoms with E-state index < -0.39 is 8.60 Å². The van der Waals surface area contributed by atoms with Gasteiger partial charge in [0.1, 0.15) is 17.2 Å². The van der Waals surface area contributed by atoms with Crippen molar-refractivity contribution in [1.29, 1.82) is 0 Å². The second kappa shape index (κ2) is 8.93. The lowest BCUT2D eigenvalue weighted by Gasteiger charge is -2.20. The van der Waals surface area contributed by atoms with Crippen LogP contribution in [0.15, 0.2) is 110 Å². The Morgan fingerprint density at radius 2 is 0.735 bits per heavy atom. The highest BCUT2D eigenvalue weighted by Crippen LogP contribution is 2.46. The molecule has 3 aromatic carbocycles. The van der Waals surface area contributed by atoms with Gasteiger partial charge in [-0.3, -0.25) is 15.0 Å². The van der Waals surface area contributed by atoms with Crippen LogP contribution in [0.5, 0.6) is 17.2 Å². The Morgan fingerprint density at radius 3 is 1.09 bits per heavy atom. The van der Waals surface area contributed by atoms with E-state index in [1.165, 1.54) is 0 Å². The molecular weight excluding hydrogens is 445 g/mol. The molecule has 0 aliphatic rings. The average molecular weight is 463 g/mol. The molecule has 0 saturated heterocycles. The minimum atomic E-state index is -1.89. The predicted octanol–water partition coefficient (Wildman–Crippen LogP) is 7.09. The summed E-state index contributed by atoms with van der Waals surface area (Å²) in [5.74, 6) is 1.90. The fourth-order valence-corrected chi connectivity index (χ4v) is 4.82. The quantitative estimate of drug-likeness (QED) is 0.246. The zero-order valence-corrected chi connectivity index (χ0v) is 18.8. The number of hydrogen-bond donors (Lipinski definition) is 0. The second-order valence-corrected chi connectivity index (χ2v) is 8.47. The molecule has 6 nitrogen and oxygen atoms in total. The summed E-state index contributed by atoms with van der Waals surface area (Å²) in [7, 11) is -1.89. The smallest absolute Gasteiger partial charge is 0.408 e. The van der Waals surface area contributed by atoms with E-state index >= 15 is 0 Å². The van der Waals surface area contributed by atoms with Gasteiger partial charge in [0.25, 0.3) is 0 Å². The number of benzene rings is 3. The average Bonchev–Trinajstić information content (AvgIpc) is 2.89. The first-order valence-electron chi connectivity index (χ1n) is 10.7. The third kappa shape index (κ3) is 3.96. The van der Waals surface area contributed by atoms with Crippen LogP contribution in [0.2, 0.25) is 0 Å². The van der Waals surface area contributed by atoms with Gasteiger partial charge in [0.05, 0.1) is 16.6 Å². The van der Waals surface area contributed by atoms with E-state index in [-0.39, 0.29) is 0 Å². The summed E-state index contributed by atoms with van der Waals surface area (Å²) < 4.78 is 19.1. The summed E-state index contributed by atoms with van der Waals surface area (Å²) in [5.41, 5.74) is 2.50. The van der Waals surface area contributed by atoms with Crippen LogP contribution >= 0.6 is 8.60 Å². The van der Waals surface area contributed by atoms with E-state index in [1.807, 2.05) is 91.0 Å². The second-order valence-electron chi connectivity index (χ2n) is 7.48. The van der Waals surface area contributed by atoms with Crippen molar-refractivity contribution >= 4 is 41.3 Å². The minimum absolute atomic E-state index is 0.633. The topological polar surface area (TPSA) is 66.4 Å². The summed E-state index contributed by atoms with van der Waals surface area (Å²) in [6.07, 6.45) is 5.15. The van der Waals surface area contributed by atoms with Crippen molar-refractivity contribution < 1.29 is 13.6 Å². The van der Waals surface area contributed by atoms with Crippen LogP contribution < -0.4 is 13.6 Å². The van der Waals surface area contributed by atoms with Gasteiger partial charge in [-0.1, -0.05) is 36.4 Å². The highest BCUT2D eigenvalue weighted by Gasteiger charge is 2.23. The van der Waals surface area contributed by atoms with E-state index in [0.717, 1.165) is 32.7 Å². The van der Waals surface area contributed by atoms with Crippen molar-refractivity contribution in [3.8, 4) is 17.2 Å². The van der Waals surface area contributed by atoms with Gasteiger partial charge >= 0.3 is 8.60 Å². The van der Waals surface area contributed by atoms with Crippen LogP contribution in [0, 0.1) is 0 Å². The van der Waals surface area contributed by atoms with Crippen molar-refractivity contribution in [3.05, 3.63) is 110 Å². The minimum Gasteiger partial charge on any atom is -0.408 e. The van der Waals surface area contributed by atoms with Crippen molar-refractivity contribution in [2.45, 2.75) is 0 Å². The largest absolute Gasteiger partial charge is 0.530 e. The summed E-state index contributed by atoms with van der Waals surface area (Å²) in [4.78, 5) is 13.3. The fraction of sp³-hybridized carbons (Fsp3) is 0. The molecule has 34 heavy (non-hydrogen) atoms. The summed E-state index contributed by atoms with van der Waals surface area (Å²) in [5, 5.41) is 2.64. The third-order valence-electron chi connectivity index (χ3n) is 5.35. The van der Waals surface area contributed by atoms with Crippen LogP contribution in [0.1, 0.15) is 0 Å². The van der Waals surface area contributed by atoms with E-state index in [1.54, 1.807) is 18.6 Å². The van der Waals surface area contributed by atoms with Gasteiger partial charge in [-0.05, 0) is 54.6 Å². The number of aromatic nitrogens is 3. The Morgan fingerprint density at radius 1 is 0.412 bits per heavy atom. The van der Waals surface area contributed by atoms with Crippen LogP contribution in [-0.4, -0.2) is 15.0 Å². The molecule has 3 heterocycles. The van der Waals surface area contributed by atoms with Crippen molar-refractivity contribution in [1.82, 2.24) is 15.0 Å². The van der Waals surface area contributed by atoms with Crippen molar-refractivity contribution in [3.63, 3.8) is 0 Å². The molecular formula is C27H18N3O3P. The molecule has 3 aromatic heterocycles. The first-order valence-corrected chi connectivity index (χ1v) is 11.8. The Hall–Kier alpha value is -4.28. The molecule has 0 bridgehead atoms. The monoisotopic (exact) mass is 463 g/mol. The molecule has 0 fully saturated rings. The molecule has 164 valence electrons. The number of para-hydroxylation sites is 3. The molecule has 7 heteroatoms. The van der Waals surface area contributed by atoms with E-state index in [4.69, 9.17) is 13.6 Å². The predicted molar refractivity (Wildman–Crippen MR) is 134 cm³/mol. The van der Waals surface area contributed by atoms with Crippen LogP contribution in [0.4, 0.5) is 0 Å². The maximum Gasteiger partial charge on any atom is 0.530 e. The van der Waals surface area contributed by atoms with E-state index in [0.29, 0.717) is 17.2 Å². The fourth-order valence-electron chi connectivity index (χ4n) is 3.74. The highest BCUT2D eigenvalue weighted by atomic mass is 31.2. The molecule has 0 unspecified atom stereocenters. The van der Waals surface area contributed by atoms with Gasteiger partial charge in [0, 0.05) is 34.7 Å². The number of pyridine rings is 3. The molecule has 6 rings (SSSR count). The molecule has 0 aliphatic carbocycles. The van der Waals surface area contributed by atoms with Gasteiger partial charge in [0.15, 0.2) is 0 Å². The molecule has 0 spiro atoms. The lowest BCUT2D eigenvalue weighted by Crippen LogP contribution is -2.04. The van der Waals surface area contributed by atoms with Gasteiger partial charge in [-0.25, -0.2) is 0 Å². The number of rotatable bonds is 6. The van der Waals surface area contributed by atoms with Gasteiger partial charge < -0.3 is 13.6 Å². The van der Waals surface area contributed by atoms with Gasteiger partial charge in [0.2, 0.25) is 0 Å². The Bertz CT molecular complexity index is 1420. The van der Waals surface area contributed by atoms with E-state index in [2.05, 4.69) is 15.0 Å². The Balaban J connectivity index is 1.42. The summed E-state index contributed by atoms with van der Waals surface area (Å²) in [6.45, 7) is 0. The Kier molecular flexibility index (Phi) is 5.34. The van der Waals surface area contributed by atoms with Crippen molar-refractivity contribution in [2.75, 3.05) is 0 Å². The normalized spacial score (nSPS) is 11.2. The third-order valence-corrected chi connectivity index (χ3v) is 6.38. The summed E-state index contributed by atoms with van der Waals surface area (Å²) >= 11 is 0. The SMILES string of the molecule is c1ccc2c(OP(Oc3ccnc4ccccc34)Oc3ccnc4ccccc34)ccnc2c1. The first kappa shape index (κ1) is 20.3. The molecule has 6 aromatic rings. The lowest BCUT2D eigenvalue weighted by atomic mass is 10.2. The number of fused-ring (bicyclic) bond motifs is 3. The molecule has 0 radical (unpaired) electrons. The molecule has 0 saturated carbocycles.